The Morgan fingerprint density at radius 2 is 2.08 bits per heavy atom. The minimum atomic E-state index is -0.970. The molecule has 2 aromatic rings. The van der Waals surface area contributed by atoms with Crippen LogP contribution in [0.2, 0.25) is 0 Å². The highest BCUT2D eigenvalue weighted by Crippen LogP contribution is 2.34. The molecule has 6 heteroatoms. The van der Waals surface area contributed by atoms with Crippen LogP contribution in [-0.2, 0) is 4.79 Å². The molecule has 1 atom stereocenters. The number of aromatic nitrogens is 1. The van der Waals surface area contributed by atoms with Gasteiger partial charge < -0.3 is 15.0 Å². The van der Waals surface area contributed by atoms with E-state index in [1.807, 2.05) is 13.8 Å². The molecule has 0 saturated heterocycles. The van der Waals surface area contributed by atoms with E-state index >= 15 is 0 Å². The summed E-state index contributed by atoms with van der Waals surface area (Å²) in [4.78, 5) is 14.0. The highest BCUT2D eigenvalue weighted by Gasteiger charge is 2.21. The molecule has 1 unspecified atom stereocenters. The quantitative estimate of drug-likeness (QED) is 0.707. The number of H-pyrrole nitrogens is 1. The van der Waals surface area contributed by atoms with Crippen molar-refractivity contribution in [1.29, 1.82) is 0 Å². The van der Waals surface area contributed by atoms with Crippen LogP contribution in [-0.4, -0.2) is 24.0 Å². The van der Waals surface area contributed by atoms with Gasteiger partial charge in [-0.05, 0) is 24.5 Å². The average Bonchev–Trinajstić information content (AvgIpc) is 2.96. The van der Waals surface area contributed by atoms with Gasteiger partial charge in [-0.1, -0.05) is 20.3 Å². The monoisotopic (exact) mass is 338 g/mol. The average molecular weight is 338 g/mol. The Hall–Kier alpha value is -2.11. The molecule has 0 radical (unpaired) electrons. The van der Waals surface area contributed by atoms with E-state index in [1.165, 1.54) is 6.92 Å². The molecule has 0 aliphatic heterocycles. The lowest BCUT2D eigenvalue weighted by atomic mass is 9.95. The fraction of sp³-hybridized carbons (Fsp3) is 0.500. The second-order valence-electron chi connectivity index (χ2n) is 5.91. The molecular weight excluding hydrogens is 314 g/mol. The summed E-state index contributed by atoms with van der Waals surface area (Å²) in [5.41, 5.74) is 0.979. The minimum absolute atomic E-state index is 0.0102. The first-order chi connectivity index (χ1) is 11.5. The second-order valence-corrected chi connectivity index (χ2v) is 5.91. The Labute approximate surface area is 140 Å². The highest BCUT2D eigenvalue weighted by atomic mass is 19.2. The molecule has 0 aliphatic carbocycles. The number of halogens is 2. The molecule has 24 heavy (non-hydrogen) atoms. The van der Waals surface area contributed by atoms with Gasteiger partial charge in [-0.2, -0.15) is 4.39 Å². The molecule has 1 amide bonds. The molecule has 0 bridgehead atoms. The van der Waals surface area contributed by atoms with Crippen LogP contribution in [0.4, 0.5) is 8.78 Å². The fourth-order valence-electron chi connectivity index (χ4n) is 2.71. The number of hydrogen-bond donors (Lipinski definition) is 2. The van der Waals surface area contributed by atoms with Gasteiger partial charge in [-0.3, -0.25) is 4.79 Å². The van der Waals surface area contributed by atoms with E-state index in [9.17, 15) is 13.6 Å². The van der Waals surface area contributed by atoms with Crippen molar-refractivity contribution in [2.24, 2.45) is 0 Å². The maximum absolute atomic E-state index is 14.3. The van der Waals surface area contributed by atoms with Gasteiger partial charge in [-0.25, -0.2) is 4.39 Å². The van der Waals surface area contributed by atoms with Crippen molar-refractivity contribution in [3.63, 3.8) is 0 Å². The van der Waals surface area contributed by atoms with Crippen molar-refractivity contribution >= 4 is 16.8 Å². The van der Waals surface area contributed by atoms with Gasteiger partial charge in [0.05, 0.1) is 12.1 Å². The predicted molar refractivity (Wildman–Crippen MR) is 90.3 cm³/mol. The van der Waals surface area contributed by atoms with Crippen molar-refractivity contribution < 1.29 is 18.3 Å². The molecule has 1 heterocycles. The molecule has 2 rings (SSSR count). The summed E-state index contributed by atoms with van der Waals surface area (Å²) in [5.74, 6) is -2.07. The number of amides is 1. The molecular formula is C18H24F2N2O2. The second kappa shape index (κ2) is 8.13. The van der Waals surface area contributed by atoms with Crippen LogP contribution < -0.4 is 10.1 Å². The smallest absolute Gasteiger partial charge is 0.216 e. The number of rotatable bonds is 8. The Balaban J connectivity index is 2.39. The molecule has 132 valence electrons. The molecule has 1 aromatic carbocycles. The van der Waals surface area contributed by atoms with Crippen LogP contribution in [0, 0.1) is 11.6 Å². The summed E-state index contributed by atoms with van der Waals surface area (Å²) in [5, 5.41) is 3.38. The summed E-state index contributed by atoms with van der Waals surface area (Å²) < 4.78 is 33.8. The number of unbranched alkanes of at least 4 members (excludes halogenated alkanes) is 1. The zero-order chi connectivity index (χ0) is 17.7. The standard InChI is InChI=1S/C18H24F2N2O2/c1-4-6-7-24-15-8-13-14(12(5-2)9-21-11(3)23)10-22-18(13)17(20)16(15)19/h8,10,12,22H,4-7,9H2,1-3H3,(H,21,23). The lowest BCUT2D eigenvalue weighted by molar-refractivity contribution is -0.119. The summed E-state index contributed by atoms with van der Waals surface area (Å²) in [6.45, 7) is 6.24. The predicted octanol–water partition coefficient (Wildman–Crippen LogP) is 4.25. The van der Waals surface area contributed by atoms with Crippen molar-refractivity contribution in [2.75, 3.05) is 13.2 Å². The SMILES string of the molecule is CCCCOc1cc2c(C(CC)CNC(C)=O)c[nH]c2c(F)c1F. The largest absolute Gasteiger partial charge is 0.490 e. The summed E-state index contributed by atoms with van der Waals surface area (Å²) in [6, 6.07) is 1.55. The van der Waals surface area contributed by atoms with E-state index in [2.05, 4.69) is 10.3 Å². The number of nitrogens with one attached hydrogen (secondary N) is 2. The number of carbonyl (C=O) groups is 1. The van der Waals surface area contributed by atoms with Gasteiger partial charge in [-0.15, -0.1) is 0 Å². The number of aromatic amines is 1. The van der Waals surface area contributed by atoms with Crippen LogP contribution >= 0.6 is 0 Å². The summed E-state index contributed by atoms with van der Waals surface area (Å²) >= 11 is 0. The van der Waals surface area contributed by atoms with Gasteiger partial charge in [0.25, 0.3) is 0 Å². The third-order valence-corrected chi connectivity index (χ3v) is 4.14. The van der Waals surface area contributed by atoms with Gasteiger partial charge in [0.15, 0.2) is 11.6 Å². The van der Waals surface area contributed by atoms with Gasteiger partial charge >= 0.3 is 0 Å². The van der Waals surface area contributed by atoms with Crippen LogP contribution in [0.3, 0.4) is 0 Å². The molecule has 0 saturated carbocycles. The Morgan fingerprint density at radius 3 is 2.71 bits per heavy atom. The number of ether oxygens (including phenoxy) is 1. The summed E-state index contributed by atoms with van der Waals surface area (Å²) in [6.07, 6.45) is 4.13. The van der Waals surface area contributed by atoms with Crippen molar-refractivity contribution in [2.45, 2.75) is 46.0 Å². The Kier molecular flexibility index (Phi) is 6.17. The van der Waals surface area contributed by atoms with E-state index in [1.54, 1.807) is 12.3 Å². The topological polar surface area (TPSA) is 54.1 Å². The van der Waals surface area contributed by atoms with Crippen LogP contribution in [0.15, 0.2) is 12.3 Å². The van der Waals surface area contributed by atoms with Crippen LogP contribution in [0.25, 0.3) is 10.9 Å². The maximum atomic E-state index is 14.3. The van der Waals surface area contributed by atoms with Gasteiger partial charge in [0.1, 0.15) is 0 Å². The third-order valence-electron chi connectivity index (χ3n) is 4.14. The van der Waals surface area contributed by atoms with Crippen molar-refractivity contribution in [3.8, 4) is 5.75 Å². The van der Waals surface area contributed by atoms with Crippen molar-refractivity contribution in [3.05, 3.63) is 29.5 Å². The van der Waals surface area contributed by atoms with Gasteiger partial charge in [0.2, 0.25) is 11.7 Å². The summed E-state index contributed by atoms with van der Waals surface area (Å²) in [7, 11) is 0. The van der Waals surface area contributed by atoms with E-state index in [4.69, 9.17) is 4.74 Å². The molecule has 0 fully saturated rings. The molecule has 4 nitrogen and oxygen atoms in total. The zero-order valence-electron chi connectivity index (χ0n) is 14.3. The van der Waals surface area contributed by atoms with Gasteiger partial charge in [0, 0.05) is 31.0 Å². The van der Waals surface area contributed by atoms with E-state index in [0.29, 0.717) is 18.5 Å². The maximum Gasteiger partial charge on any atom is 0.216 e. The first-order valence-corrected chi connectivity index (χ1v) is 8.35. The number of fused-ring (bicyclic) bond motifs is 1. The lowest BCUT2D eigenvalue weighted by Crippen LogP contribution is -2.25. The number of carbonyl (C=O) groups excluding carboxylic acids is 1. The first-order valence-electron chi connectivity index (χ1n) is 8.35. The molecule has 2 N–H and O–H groups in total. The Morgan fingerprint density at radius 1 is 1.33 bits per heavy atom. The first kappa shape index (κ1) is 18.2. The minimum Gasteiger partial charge on any atom is -0.490 e. The Bertz CT molecular complexity index is 713. The third kappa shape index (κ3) is 3.86. The van der Waals surface area contributed by atoms with E-state index in [-0.39, 0.29) is 23.1 Å². The number of benzene rings is 1. The molecule has 0 spiro atoms. The van der Waals surface area contributed by atoms with Crippen LogP contribution in [0.1, 0.15) is 51.5 Å². The highest BCUT2D eigenvalue weighted by molar-refractivity contribution is 5.86. The van der Waals surface area contributed by atoms with E-state index < -0.39 is 11.6 Å². The van der Waals surface area contributed by atoms with Crippen LogP contribution in [0.5, 0.6) is 5.75 Å². The lowest BCUT2D eigenvalue weighted by Gasteiger charge is -2.15. The van der Waals surface area contributed by atoms with Crippen molar-refractivity contribution in [1.82, 2.24) is 10.3 Å². The zero-order valence-corrected chi connectivity index (χ0v) is 14.3. The fourth-order valence-corrected chi connectivity index (χ4v) is 2.71. The van der Waals surface area contributed by atoms with E-state index in [0.717, 1.165) is 24.8 Å². The molecule has 1 aromatic heterocycles. The normalized spacial score (nSPS) is 12.4. The number of hydrogen-bond acceptors (Lipinski definition) is 2. The molecule has 0 aliphatic rings.